The Balaban J connectivity index is 1.72. The lowest BCUT2D eigenvalue weighted by atomic mass is 10.1. The predicted molar refractivity (Wildman–Crippen MR) is 95.3 cm³/mol. The van der Waals surface area contributed by atoms with Crippen molar-refractivity contribution in [3.8, 4) is 23.2 Å². The molecule has 2 aromatic heterocycles. The summed E-state index contributed by atoms with van der Waals surface area (Å²) in [4.78, 5) is 12.5. The number of aryl methyl sites for hydroxylation is 1. The van der Waals surface area contributed by atoms with Gasteiger partial charge in [-0.1, -0.05) is 19.1 Å². The average Bonchev–Trinajstić information content (AvgIpc) is 3.31. The van der Waals surface area contributed by atoms with Crippen molar-refractivity contribution in [3.05, 3.63) is 41.9 Å². The van der Waals surface area contributed by atoms with E-state index < -0.39 is 0 Å². The Kier molecular flexibility index (Phi) is 4.08. The fourth-order valence-electron chi connectivity index (χ4n) is 3.22. The Morgan fingerprint density at radius 3 is 3.08 bits per heavy atom. The van der Waals surface area contributed by atoms with E-state index in [1.54, 1.807) is 12.3 Å². The number of hydrogen-bond donors (Lipinski definition) is 2. The molecule has 2 N–H and O–H groups in total. The van der Waals surface area contributed by atoms with Gasteiger partial charge in [0.05, 0.1) is 23.0 Å². The first-order valence-corrected chi connectivity index (χ1v) is 8.54. The van der Waals surface area contributed by atoms with E-state index in [2.05, 4.69) is 28.3 Å². The zero-order chi connectivity index (χ0) is 17.2. The minimum absolute atomic E-state index is 0.164. The van der Waals surface area contributed by atoms with Crippen LogP contribution in [-0.4, -0.2) is 34.1 Å². The quantitative estimate of drug-likeness (QED) is 0.767. The van der Waals surface area contributed by atoms with Gasteiger partial charge in [0.1, 0.15) is 17.9 Å². The number of benzene rings is 1. The summed E-state index contributed by atoms with van der Waals surface area (Å²) in [5, 5.41) is 13.5. The van der Waals surface area contributed by atoms with Crippen molar-refractivity contribution in [3.63, 3.8) is 0 Å². The molecule has 25 heavy (non-hydrogen) atoms. The molecule has 4 rings (SSSR count). The van der Waals surface area contributed by atoms with Crippen molar-refractivity contribution >= 4 is 10.9 Å². The third-order valence-corrected chi connectivity index (χ3v) is 4.55. The molecule has 1 saturated heterocycles. The maximum atomic E-state index is 9.25. The Labute approximate surface area is 145 Å². The van der Waals surface area contributed by atoms with Crippen LogP contribution in [0.15, 0.2) is 30.6 Å². The standard InChI is InChI=1S/C19H19N5O/c1-2-16-19(25-13-6-7-21-9-13)23-11-17(24-16)15-10-22-18-12(8-20)4-3-5-14(15)18/h3-5,10-11,13,21-22H,2,6-7,9H2,1H3. The van der Waals surface area contributed by atoms with Gasteiger partial charge < -0.3 is 15.0 Å². The van der Waals surface area contributed by atoms with Crippen LogP contribution in [0.25, 0.3) is 22.2 Å². The van der Waals surface area contributed by atoms with E-state index in [0.29, 0.717) is 11.4 Å². The number of nitrogens with zero attached hydrogens (tertiary/aromatic N) is 3. The van der Waals surface area contributed by atoms with Gasteiger partial charge in [-0.2, -0.15) is 5.26 Å². The average molecular weight is 333 g/mol. The molecule has 1 aliphatic heterocycles. The van der Waals surface area contributed by atoms with Crippen molar-refractivity contribution in [2.45, 2.75) is 25.9 Å². The Morgan fingerprint density at radius 2 is 2.32 bits per heavy atom. The monoisotopic (exact) mass is 333 g/mol. The number of H-pyrrole nitrogens is 1. The molecule has 6 nitrogen and oxygen atoms in total. The summed E-state index contributed by atoms with van der Waals surface area (Å²) in [5.41, 5.74) is 4.05. The van der Waals surface area contributed by atoms with Gasteiger partial charge in [-0.05, 0) is 25.5 Å². The molecule has 1 unspecified atom stereocenters. The van der Waals surface area contributed by atoms with Crippen LogP contribution in [0.3, 0.4) is 0 Å². The van der Waals surface area contributed by atoms with Gasteiger partial charge in [0.15, 0.2) is 0 Å². The number of hydrogen-bond acceptors (Lipinski definition) is 5. The molecule has 0 radical (unpaired) electrons. The highest BCUT2D eigenvalue weighted by Crippen LogP contribution is 2.30. The maximum absolute atomic E-state index is 9.25. The minimum atomic E-state index is 0.164. The van der Waals surface area contributed by atoms with Gasteiger partial charge in [-0.15, -0.1) is 0 Å². The summed E-state index contributed by atoms with van der Waals surface area (Å²) in [7, 11) is 0. The number of ether oxygens (including phenoxy) is 1. The molecule has 0 aliphatic carbocycles. The fourth-order valence-corrected chi connectivity index (χ4v) is 3.22. The molecule has 0 amide bonds. The Morgan fingerprint density at radius 1 is 1.40 bits per heavy atom. The van der Waals surface area contributed by atoms with E-state index in [1.807, 2.05) is 18.3 Å². The Bertz CT molecular complexity index is 950. The van der Waals surface area contributed by atoms with Crippen molar-refractivity contribution in [1.82, 2.24) is 20.3 Å². The summed E-state index contributed by atoms with van der Waals surface area (Å²) in [6.45, 7) is 3.89. The third-order valence-electron chi connectivity index (χ3n) is 4.55. The lowest BCUT2D eigenvalue weighted by molar-refractivity contribution is 0.210. The van der Waals surface area contributed by atoms with Crippen LogP contribution < -0.4 is 10.1 Å². The van der Waals surface area contributed by atoms with Crippen LogP contribution in [0.2, 0.25) is 0 Å². The second-order valence-electron chi connectivity index (χ2n) is 6.14. The van der Waals surface area contributed by atoms with Crippen molar-refractivity contribution in [1.29, 1.82) is 5.26 Å². The highest BCUT2D eigenvalue weighted by atomic mass is 16.5. The number of nitriles is 1. The van der Waals surface area contributed by atoms with Gasteiger partial charge in [-0.25, -0.2) is 9.97 Å². The van der Waals surface area contributed by atoms with Crippen LogP contribution in [-0.2, 0) is 6.42 Å². The largest absolute Gasteiger partial charge is 0.472 e. The summed E-state index contributed by atoms with van der Waals surface area (Å²) in [6, 6.07) is 7.89. The van der Waals surface area contributed by atoms with Crippen LogP contribution in [0.1, 0.15) is 24.6 Å². The molecular formula is C19H19N5O. The summed E-state index contributed by atoms with van der Waals surface area (Å²) in [6.07, 6.45) is 5.54. The number of aromatic amines is 1. The maximum Gasteiger partial charge on any atom is 0.235 e. The predicted octanol–water partition coefficient (Wildman–Crippen LogP) is 2.80. The highest BCUT2D eigenvalue weighted by Gasteiger charge is 2.19. The number of fused-ring (bicyclic) bond motifs is 1. The van der Waals surface area contributed by atoms with Crippen molar-refractivity contribution in [2.75, 3.05) is 13.1 Å². The molecule has 1 aromatic carbocycles. The topological polar surface area (TPSA) is 86.6 Å². The SMILES string of the molecule is CCc1nc(-c2c[nH]c3c(C#N)cccc23)cnc1OC1CCNC1. The molecule has 3 heterocycles. The van der Waals surface area contributed by atoms with Crippen molar-refractivity contribution in [2.24, 2.45) is 0 Å². The fraction of sp³-hybridized carbons (Fsp3) is 0.316. The molecular weight excluding hydrogens is 314 g/mol. The zero-order valence-corrected chi connectivity index (χ0v) is 14.0. The molecule has 6 heteroatoms. The van der Waals surface area contributed by atoms with E-state index in [0.717, 1.165) is 53.8 Å². The zero-order valence-electron chi connectivity index (χ0n) is 14.0. The summed E-state index contributed by atoms with van der Waals surface area (Å²) < 4.78 is 6.01. The van der Waals surface area contributed by atoms with Crippen LogP contribution in [0, 0.1) is 11.3 Å². The van der Waals surface area contributed by atoms with Gasteiger partial charge in [0, 0.05) is 23.7 Å². The molecule has 0 bridgehead atoms. The number of rotatable bonds is 4. The van der Waals surface area contributed by atoms with E-state index in [9.17, 15) is 5.26 Å². The first-order chi connectivity index (χ1) is 12.3. The van der Waals surface area contributed by atoms with E-state index >= 15 is 0 Å². The van der Waals surface area contributed by atoms with Gasteiger partial charge >= 0.3 is 0 Å². The first-order valence-electron chi connectivity index (χ1n) is 8.54. The molecule has 3 aromatic rings. The first kappa shape index (κ1) is 15.6. The lowest BCUT2D eigenvalue weighted by Crippen LogP contribution is -2.21. The van der Waals surface area contributed by atoms with Gasteiger partial charge in [0.2, 0.25) is 5.88 Å². The molecule has 0 spiro atoms. The molecule has 1 aliphatic rings. The van der Waals surface area contributed by atoms with Crippen molar-refractivity contribution < 1.29 is 4.74 Å². The lowest BCUT2D eigenvalue weighted by Gasteiger charge is -2.14. The van der Waals surface area contributed by atoms with E-state index in [4.69, 9.17) is 9.72 Å². The normalized spacial score (nSPS) is 16.9. The minimum Gasteiger partial charge on any atom is -0.472 e. The number of para-hydroxylation sites is 1. The third kappa shape index (κ3) is 2.83. The highest BCUT2D eigenvalue weighted by molar-refractivity contribution is 5.97. The van der Waals surface area contributed by atoms with Gasteiger partial charge in [0.25, 0.3) is 0 Å². The van der Waals surface area contributed by atoms with Crippen LogP contribution in [0.5, 0.6) is 5.88 Å². The number of nitrogens with one attached hydrogen (secondary N) is 2. The molecule has 1 fully saturated rings. The van der Waals surface area contributed by atoms with E-state index in [1.165, 1.54) is 0 Å². The number of aromatic nitrogens is 3. The second kappa shape index (κ2) is 6.54. The second-order valence-corrected chi connectivity index (χ2v) is 6.14. The van der Waals surface area contributed by atoms with E-state index in [-0.39, 0.29) is 6.10 Å². The van der Waals surface area contributed by atoms with Crippen LogP contribution >= 0.6 is 0 Å². The molecule has 126 valence electrons. The van der Waals surface area contributed by atoms with Gasteiger partial charge in [-0.3, -0.25) is 0 Å². The van der Waals surface area contributed by atoms with Crippen LogP contribution in [0.4, 0.5) is 0 Å². The summed E-state index contributed by atoms with van der Waals surface area (Å²) >= 11 is 0. The molecule has 0 saturated carbocycles. The Hall–Kier alpha value is -2.91. The molecule has 1 atom stereocenters. The smallest absolute Gasteiger partial charge is 0.235 e. The summed E-state index contributed by atoms with van der Waals surface area (Å²) in [5.74, 6) is 0.623.